The van der Waals surface area contributed by atoms with E-state index in [1.807, 2.05) is 12.1 Å². The number of anilines is 1. The average Bonchev–Trinajstić information content (AvgIpc) is 2.69. The Balaban J connectivity index is 1.83. The molecule has 1 aromatic carbocycles. The van der Waals surface area contributed by atoms with E-state index < -0.39 is 0 Å². The molecule has 0 bridgehead atoms. The zero-order chi connectivity index (χ0) is 19.4. The minimum Gasteiger partial charge on any atom is -0.493 e. The summed E-state index contributed by atoms with van der Waals surface area (Å²) in [7, 11) is 3.23. The third-order valence-electron chi connectivity index (χ3n) is 4.49. The Morgan fingerprint density at radius 2 is 1.93 bits per heavy atom. The van der Waals surface area contributed by atoms with Gasteiger partial charge in [-0.2, -0.15) is 0 Å². The van der Waals surface area contributed by atoms with Crippen LogP contribution in [-0.4, -0.2) is 48.1 Å². The third kappa shape index (κ3) is 4.02. The van der Waals surface area contributed by atoms with Gasteiger partial charge in [-0.15, -0.1) is 6.58 Å². The Bertz CT molecular complexity index is 867. The first kappa shape index (κ1) is 18.7. The largest absolute Gasteiger partial charge is 0.493 e. The van der Waals surface area contributed by atoms with Crippen molar-refractivity contribution in [1.82, 2.24) is 14.9 Å². The molecule has 1 amide bonds. The predicted octanol–water partition coefficient (Wildman–Crippen LogP) is 2.60. The Morgan fingerprint density at radius 3 is 2.59 bits per heavy atom. The molecule has 0 fully saturated rings. The molecule has 142 valence electrons. The van der Waals surface area contributed by atoms with Crippen LogP contribution in [0.5, 0.6) is 11.5 Å². The van der Waals surface area contributed by atoms with Crippen LogP contribution in [-0.2, 0) is 13.0 Å². The van der Waals surface area contributed by atoms with Crippen LogP contribution in [0.4, 0.5) is 5.82 Å². The van der Waals surface area contributed by atoms with Gasteiger partial charge in [-0.3, -0.25) is 4.79 Å². The molecule has 7 nitrogen and oxygen atoms in total. The fourth-order valence-electron chi connectivity index (χ4n) is 3.16. The predicted molar refractivity (Wildman–Crippen MR) is 103 cm³/mol. The number of carbonyl (C=O) groups excluding carboxylic acids is 1. The molecule has 0 radical (unpaired) electrons. The summed E-state index contributed by atoms with van der Waals surface area (Å²) in [5, 5.41) is 3.11. The van der Waals surface area contributed by atoms with Gasteiger partial charge in [-0.1, -0.05) is 6.08 Å². The van der Waals surface area contributed by atoms with Crippen molar-refractivity contribution < 1.29 is 14.3 Å². The van der Waals surface area contributed by atoms with E-state index in [1.54, 1.807) is 38.2 Å². The average molecular weight is 368 g/mol. The first-order chi connectivity index (χ1) is 13.0. The van der Waals surface area contributed by atoms with E-state index in [2.05, 4.69) is 21.9 Å². The highest BCUT2D eigenvalue weighted by molar-refractivity contribution is 5.93. The van der Waals surface area contributed by atoms with Gasteiger partial charge in [0.15, 0.2) is 11.5 Å². The standard InChI is InChI=1S/C20H24N4O3/c1-5-7-21-19-11-16(22-13(2)23-19)20(25)24-8-6-14-9-17(26-3)18(27-4)10-15(14)12-24/h5,9-11H,1,6-8,12H2,2-4H3,(H,21,22,23). The van der Waals surface area contributed by atoms with Crippen LogP contribution in [0.25, 0.3) is 0 Å². The molecule has 2 aromatic rings. The number of amides is 1. The number of fused-ring (bicyclic) bond motifs is 1. The SMILES string of the molecule is C=CCNc1cc(C(=O)N2CCc3cc(OC)c(OC)cc3C2)nc(C)n1. The molecule has 3 rings (SSSR count). The lowest BCUT2D eigenvalue weighted by Gasteiger charge is -2.29. The van der Waals surface area contributed by atoms with Crippen LogP contribution >= 0.6 is 0 Å². The van der Waals surface area contributed by atoms with Crippen molar-refractivity contribution in [3.63, 3.8) is 0 Å². The van der Waals surface area contributed by atoms with Crippen LogP contribution in [0, 0.1) is 6.92 Å². The van der Waals surface area contributed by atoms with Crippen LogP contribution in [0.15, 0.2) is 30.9 Å². The first-order valence-electron chi connectivity index (χ1n) is 8.79. The maximum atomic E-state index is 13.0. The highest BCUT2D eigenvalue weighted by atomic mass is 16.5. The summed E-state index contributed by atoms with van der Waals surface area (Å²) in [5.41, 5.74) is 2.62. The summed E-state index contributed by atoms with van der Waals surface area (Å²) in [4.78, 5) is 23.4. The smallest absolute Gasteiger partial charge is 0.272 e. The van der Waals surface area contributed by atoms with Gasteiger partial charge in [0, 0.05) is 25.7 Å². The molecule has 0 saturated carbocycles. The molecule has 0 unspecified atom stereocenters. The molecule has 1 aliphatic rings. The van der Waals surface area contributed by atoms with Crippen molar-refractivity contribution in [2.45, 2.75) is 19.9 Å². The maximum Gasteiger partial charge on any atom is 0.272 e. The molecule has 0 spiro atoms. The number of aryl methyl sites for hydroxylation is 1. The minimum atomic E-state index is -0.109. The quantitative estimate of drug-likeness (QED) is 0.790. The Morgan fingerprint density at radius 1 is 1.22 bits per heavy atom. The number of hydrogen-bond donors (Lipinski definition) is 1. The molecule has 0 atom stereocenters. The van der Waals surface area contributed by atoms with Crippen LogP contribution in [0.2, 0.25) is 0 Å². The van der Waals surface area contributed by atoms with E-state index in [-0.39, 0.29) is 5.91 Å². The molecule has 1 N–H and O–H groups in total. The monoisotopic (exact) mass is 368 g/mol. The first-order valence-corrected chi connectivity index (χ1v) is 8.79. The van der Waals surface area contributed by atoms with Gasteiger partial charge in [0.05, 0.1) is 14.2 Å². The molecule has 7 heteroatoms. The van der Waals surface area contributed by atoms with Crippen LogP contribution in [0.3, 0.4) is 0 Å². The Labute approximate surface area is 159 Å². The molecule has 2 heterocycles. The molecule has 1 aromatic heterocycles. The van der Waals surface area contributed by atoms with E-state index in [1.165, 1.54) is 5.56 Å². The second-order valence-electron chi connectivity index (χ2n) is 6.31. The van der Waals surface area contributed by atoms with Crippen LogP contribution in [0.1, 0.15) is 27.4 Å². The van der Waals surface area contributed by atoms with Crippen molar-refractivity contribution in [1.29, 1.82) is 0 Å². The summed E-state index contributed by atoms with van der Waals surface area (Å²) < 4.78 is 10.8. The van der Waals surface area contributed by atoms with Gasteiger partial charge in [-0.05, 0) is 36.6 Å². The van der Waals surface area contributed by atoms with Crippen molar-refractivity contribution in [3.05, 3.63) is 53.5 Å². The number of benzene rings is 1. The highest BCUT2D eigenvalue weighted by Crippen LogP contribution is 2.33. The number of carbonyl (C=O) groups is 1. The Hall–Kier alpha value is -3.09. The van der Waals surface area contributed by atoms with Gasteiger partial charge >= 0.3 is 0 Å². The number of methoxy groups -OCH3 is 2. The van der Waals surface area contributed by atoms with E-state index in [9.17, 15) is 4.79 Å². The Kier molecular flexibility index (Phi) is 5.59. The highest BCUT2D eigenvalue weighted by Gasteiger charge is 2.25. The summed E-state index contributed by atoms with van der Waals surface area (Å²) in [5.74, 6) is 2.44. The topological polar surface area (TPSA) is 76.6 Å². The third-order valence-corrected chi connectivity index (χ3v) is 4.49. The maximum absolute atomic E-state index is 13.0. The van der Waals surface area contributed by atoms with Gasteiger partial charge in [0.2, 0.25) is 0 Å². The second kappa shape index (κ2) is 8.07. The van der Waals surface area contributed by atoms with E-state index in [0.29, 0.717) is 48.5 Å². The number of hydrogen-bond acceptors (Lipinski definition) is 6. The zero-order valence-electron chi connectivity index (χ0n) is 15.9. The molecular formula is C20H24N4O3. The number of aromatic nitrogens is 2. The fourth-order valence-corrected chi connectivity index (χ4v) is 3.16. The molecule has 0 saturated heterocycles. The molecule has 0 aliphatic carbocycles. The van der Waals surface area contributed by atoms with Crippen molar-refractivity contribution in [2.24, 2.45) is 0 Å². The van der Waals surface area contributed by atoms with E-state index >= 15 is 0 Å². The number of ether oxygens (including phenoxy) is 2. The van der Waals surface area contributed by atoms with Gasteiger partial charge in [0.1, 0.15) is 17.3 Å². The fraction of sp³-hybridized carbons (Fsp3) is 0.350. The summed E-state index contributed by atoms with van der Waals surface area (Å²) in [6.07, 6.45) is 2.50. The number of rotatable bonds is 6. The number of nitrogens with one attached hydrogen (secondary N) is 1. The molecule has 27 heavy (non-hydrogen) atoms. The minimum absolute atomic E-state index is 0.109. The second-order valence-corrected chi connectivity index (χ2v) is 6.31. The van der Waals surface area contributed by atoms with E-state index in [0.717, 1.165) is 12.0 Å². The lowest BCUT2D eigenvalue weighted by Crippen LogP contribution is -2.36. The zero-order valence-corrected chi connectivity index (χ0v) is 15.9. The summed E-state index contributed by atoms with van der Waals surface area (Å²) >= 11 is 0. The van der Waals surface area contributed by atoms with Crippen molar-refractivity contribution in [3.8, 4) is 11.5 Å². The van der Waals surface area contributed by atoms with Gasteiger partial charge in [-0.25, -0.2) is 9.97 Å². The molecule has 1 aliphatic heterocycles. The molecular weight excluding hydrogens is 344 g/mol. The van der Waals surface area contributed by atoms with Crippen molar-refractivity contribution in [2.75, 3.05) is 32.6 Å². The summed E-state index contributed by atoms with van der Waals surface area (Å²) in [6.45, 7) is 7.16. The lowest BCUT2D eigenvalue weighted by atomic mass is 9.98. The van der Waals surface area contributed by atoms with Crippen LogP contribution < -0.4 is 14.8 Å². The van der Waals surface area contributed by atoms with Crippen molar-refractivity contribution >= 4 is 11.7 Å². The van der Waals surface area contributed by atoms with E-state index in [4.69, 9.17) is 9.47 Å². The van der Waals surface area contributed by atoms with Gasteiger partial charge in [0.25, 0.3) is 5.91 Å². The summed E-state index contributed by atoms with van der Waals surface area (Å²) in [6, 6.07) is 5.61. The van der Waals surface area contributed by atoms with Gasteiger partial charge < -0.3 is 19.7 Å². The normalized spacial score (nSPS) is 12.9. The lowest BCUT2D eigenvalue weighted by molar-refractivity contribution is 0.0728. The number of nitrogens with zero attached hydrogens (tertiary/aromatic N) is 3.